The maximum absolute atomic E-state index is 12.6. The molecule has 1 aliphatic rings. The van der Waals surface area contributed by atoms with Gasteiger partial charge in [-0.15, -0.1) is 0 Å². The Balaban J connectivity index is 2.06. The Kier molecular flexibility index (Phi) is 4.86. The fourth-order valence-electron chi connectivity index (χ4n) is 3.21. The molecule has 0 radical (unpaired) electrons. The smallest absolute Gasteiger partial charge is 0.246 e. The van der Waals surface area contributed by atoms with E-state index in [1.54, 1.807) is 18.2 Å². The van der Waals surface area contributed by atoms with E-state index in [4.69, 9.17) is 22.1 Å². The van der Waals surface area contributed by atoms with Crippen molar-refractivity contribution in [2.45, 2.75) is 27.3 Å². The third-order valence-electron chi connectivity index (χ3n) is 4.44. The van der Waals surface area contributed by atoms with Crippen molar-refractivity contribution in [2.24, 2.45) is 0 Å². The number of rotatable bonds is 4. The highest BCUT2D eigenvalue weighted by Crippen LogP contribution is 2.38. The predicted octanol–water partition coefficient (Wildman–Crippen LogP) is 2.11. The maximum atomic E-state index is 12.6. The molecule has 0 saturated carbocycles. The third-order valence-corrected chi connectivity index (χ3v) is 4.71. The topological polar surface area (TPSA) is 97.5 Å². The predicted molar refractivity (Wildman–Crippen MR) is 101 cm³/mol. The molecular weight excluding hydrogens is 356 g/mol. The van der Waals surface area contributed by atoms with Crippen molar-refractivity contribution in [1.29, 1.82) is 0 Å². The van der Waals surface area contributed by atoms with Gasteiger partial charge in [-0.1, -0.05) is 11.6 Å². The molecule has 9 heteroatoms. The SMILES string of the molecule is CCN1C(=O)CN(Cc2ncc(C)c(OC)c2C)c2nc(N)nc(Cl)c21. The summed E-state index contributed by atoms with van der Waals surface area (Å²) in [5, 5.41) is 0.165. The number of hydrogen-bond acceptors (Lipinski definition) is 7. The van der Waals surface area contributed by atoms with Crippen molar-refractivity contribution in [2.75, 3.05) is 35.7 Å². The number of pyridine rings is 1. The van der Waals surface area contributed by atoms with Crippen molar-refractivity contribution in [3.8, 4) is 5.75 Å². The molecule has 138 valence electrons. The highest BCUT2D eigenvalue weighted by atomic mass is 35.5. The molecule has 0 bridgehead atoms. The minimum atomic E-state index is -0.0769. The first-order valence-corrected chi connectivity index (χ1v) is 8.62. The van der Waals surface area contributed by atoms with Crippen molar-refractivity contribution in [3.63, 3.8) is 0 Å². The quantitative estimate of drug-likeness (QED) is 0.816. The van der Waals surface area contributed by atoms with Gasteiger partial charge in [-0.05, 0) is 20.8 Å². The number of halogens is 1. The summed E-state index contributed by atoms with van der Waals surface area (Å²) in [5.41, 5.74) is 8.94. The van der Waals surface area contributed by atoms with Crippen LogP contribution in [0.15, 0.2) is 6.20 Å². The number of nitrogen functional groups attached to an aromatic ring is 1. The zero-order chi connectivity index (χ0) is 19.0. The van der Waals surface area contributed by atoms with E-state index in [1.807, 2.05) is 25.7 Å². The normalized spacial score (nSPS) is 13.8. The van der Waals surface area contributed by atoms with Crippen molar-refractivity contribution in [1.82, 2.24) is 15.0 Å². The fourth-order valence-corrected chi connectivity index (χ4v) is 3.48. The van der Waals surface area contributed by atoms with Gasteiger partial charge >= 0.3 is 0 Å². The molecule has 0 spiro atoms. The highest BCUT2D eigenvalue weighted by molar-refractivity contribution is 6.33. The van der Waals surface area contributed by atoms with E-state index < -0.39 is 0 Å². The summed E-state index contributed by atoms with van der Waals surface area (Å²) in [6.45, 7) is 6.77. The molecule has 0 unspecified atom stereocenters. The summed E-state index contributed by atoms with van der Waals surface area (Å²) in [7, 11) is 1.63. The number of anilines is 3. The van der Waals surface area contributed by atoms with Gasteiger partial charge in [-0.25, -0.2) is 0 Å². The van der Waals surface area contributed by atoms with Gasteiger partial charge in [0.1, 0.15) is 11.4 Å². The standard InChI is InChI=1S/C17H21ClN6O2/c1-5-24-12(25)8-23(16-13(24)15(18)21-17(19)22-16)7-11-10(3)14(26-4)9(2)6-20-11/h6H,5,7-8H2,1-4H3,(H2,19,21,22). The molecule has 8 nitrogen and oxygen atoms in total. The van der Waals surface area contributed by atoms with Crippen LogP contribution in [0.1, 0.15) is 23.7 Å². The zero-order valence-corrected chi connectivity index (χ0v) is 16.0. The van der Waals surface area contributed by atoms with Crippen LogP contribution in [-0.4, -0.2) is 41.1 Å². The van der Waals surface area contributed by atoms with Crippen molar-refractivity contribution in [3.05, 3.63) is 28.2 Å². The lowest BCUT2D eigenvalue weighted by Crippen LogP contribution is -2.46. The molecule has 2 aromatic heterocycles. The van der Waals surface area contributed by atoms with Gasteiger partial charge in [0.15, 0.2) is 11.0 Å². The number of aromatic nitrogens is 3. The Bertz CT molecular complexity index is 873. The van der Waals surface area contributed by atoms with Gasteiger partial charge in [-0.2, -0.15) is 9.97 Å². The number of carbonyl (C=O) groups is 1. The molecule has 3 heterocycles. The molecule has 2 N–H and O–H groups in total. The second-order valence-corrected chi connectivity index (χ2v) is 6.44. The monoisotopic (exact) mass is 376 g/mol. The van der Waals surface area contributed by atoms with Crippen LogP contribution in [-0.2, 0) is 11.3 Å². The molecule has 0 aliphatic carbocycles. The number of methoxy groups -OCH3 is 1. The minimum Gasteiger partial charge on any atom is -0.496 e. The van der Waals surface area contributed by atoms with Crippen LogP contribution in [0.4, 0.5) is 17.5 Å². The van der Waals surface area contributed by atoms with Gasteiger partial charge < -0.3 is 20.3 Å². The van der Waals surface area contributed by atoms with Crippen LogP contribution in [0.3, 0.4) is 0 Å². The number of ether oxygens (including phenoxy) is 1. The summed E-state index contributed by atoms with van der Waals surface area (Å²) in [6, 6.07) is 0. The zero-order valence-electron chi connectivity index (χ0n) is 15.2. The van der Waals surface area contributed by atoms with Crippen molar-refractivity contribution >= 4 is 35.0 Å². The molecule has 1 amide bonds. The third kappa shape index (κ3) is 3.01. The number of amides is 1. The van der Waals surface area contributed by atoms with E-state index in [9.17, 15) is 4.79 Å². The van der Waals surface area contributed by atoms with Gasteiger partial charge in [0, 0.05) is 23.9 Å². The summed E-state index contributed by atoms with van der Waals surface area (Å²) < 4.78 is 5.47. The highest BCUT2D eigenvalue weighted by Gasteiger charge is 2.33. The first-order valence-electron chi connectivity index (χ1n) is 8.24. The summed E-state index contributed by atoms with van der Waals surface area (Å²) in [5.74, 6) is 1.31. The number of carbonyl (C=O) groups excluding carboxylic acids is 1. The van der Waals surface area contributed by atoms with E-state index >= 15 is 0 Å². The van der Waals surface area contributed by atoms with Crippen LogP contribution >= 0.6 is 11.6 Å². The van der Waals surface area contributed by atoms with Crippen LogP contribution in [0.5, 0.6) is 5.75 Å². The number of nitrogens with zero attached hydrogens (tertiary/aromatic N) is 5. The average molecular weight is 377 g/mol. The van der Waals surface area contributed by atoms with Crippen LogP contribution in [0, 0.1) is 13.8 Å². The first-order chi connectivity index (χ1) is 12.4. The molecular formula is C17H21ClN6O2. The Hall–Kier alpha value is -2.61. The molecule has 0 saturated heterocycles. The molecule has 0 aromatic carbocycles. The van der Waals surface area contributed by atoms with Gasteiger partial charge in [0.25, 0.3) is 0 Å². The molecule has 3 rings (SSSR count). The van der Waals surface area contributed by atoms with Gasteiger partial charge in [0.05, 0.1) is 25.9 Å². The second-order valence-electron chi connectivity index (χ2n) is 6.09. The van der Waals surface area contributed by atoms with Crippen LogP contribution < -0.4 is 20.3 Å². The Labute approximate surface area is 156 Å². The summed E-state index contributed by atoms with van der Waals surface area (Å²) in [6.07, 6.45) is 1.76. The van der Waals surface area contributed by atoms with E-state index in [1.165, 1.54) is 0 Å². The lowest BCUT2D eigenvalue weighted by molar-refractivity contribution is -0.117. The van der Waals surface area contributed by atoms with E-state index in [0.717, 1.165) is 22.6 Å². The number of fused-ring (bicyclic) bond motifs is 1. The Morgan fingerprint density at radius 3 is 2.73 bits per heavy atom. The second kappa shape index (κ2) is 6.95. The molecule has 2 aromatic rings. The van der Waals surface area contributed by atoms with E-state index in [2.05, 4.69) is 15.0 Å². The van der Waals surface area contributed by atoms with Gasteiger partial charge in [-0.3, -0.25) is 9.78 Å². The van der Waals surface area contributed by atoms with E-state index in [0.29, 0.717) is 24.6 Å². The minimum absolute atomic E-state index is 0.0651. The Morgan fingerprint density at radius 2 is 2.08 bits per heavy atom. The van der Waals surface area contributed by atoms with Crippen LogP contribution in [0.25, 0.3) is 0 Å². The fraction of sp³-hybridized carbons (Fsp3) is 0.412. The molecule has 26 heavy (non-hydrogen) atoms. The largest absolute Gasteiger partial charge is 0.496 e. The molecule has 0 fully saturated rings. The average Bonchev–Trinajstić information content (AvgIpc) is 2.58. The molecule has 1 aliphatic heterocycles. The number of aryl methyl sites for hydroxylation is 1. The summed E-state index contributed by atoms with van der Waals surface area (Å²) >= 11 is 6.27. The Morgan fingerprint density at radius 1 is 1.35 bits per heavy atom. The number of likely N-dealkylation sites (N-methyl/N-ethyl adjacent to an activating group) is 1. The van der Waals surface area contributed by atoms with Gasteiger partial charge in [0.2, 0.25) is 11.9 Å². The molecule has 0 atom stereocenters. The first kappa shape index (κ1) is 18.2. The lowest BCUT2D eigenvalue weighted by atomic mass is 10.1. The lowest BCUT2D eigenvalue weighted by Gasteiger charge is -2.36. The van der Waals surface area contributed by atoms with Crippen molar-refractivity contribution < 1.29 is 9.53 Å². The maximum Gasteiger partial charge on any atom is 0.246 e. The summed E-state index contributed by atoms with van der Waals surface area (Å²) in [4.78, 5) is 28.8. The number of hydrogen-bond donors (Lipinski definition) is 1. The van der Waals surface area contributed by atoms with E-state index in [-0.39, 0.29) is 23.6 Å². The number of nitrogens with two attached hydrogens (primary N) is 1. The van der Waals surface area contributed by atoms with Crippen LogP contribution in [0.2, 0.25) is 5.15 Å².